The van der Waals surface area contributed by atoms with Crippen molar-refractivity contribution in [3.05, 3.63) is 11.7 Å². The lowest BCUT2D eigenvalue weighted by Gasteiger charge is -2.22. The largest absolute Gasteiger partial charge is 0.393 e. The van der Waals surface area contributed by atoms with Gasteiger partial charge in [0.2, 0.25) is 5.89 Å². The van der Waals surface area contributed by atoms with Crippen LogP contribution in [0.2, 0.25) is 0 Å². The summed E-state index contributed by atoms with van der Waals surface area (Å²) in [7, 11) is -3.13. The highest BCUT2D eigenvalue weighted by molar-refractivity contribution is 7.89. The number of hydrogen-bond acceptors (Lipinski definition) is 6. The number of aromatic nitrogens is 2. The molecule has 7 heteroatoms. The molecule has 1 heterocycles. The summed E-state index contributed by atoms with van der Waals surface area (Å²) in [6.07, 6.45) is 3.98. The maximum atomic E-state index is 11.1. The van der Waals surface area contributed by atoms with E-state index in [1.807, 2.05) is 0 Å². The molecular weight excluding hydrogens is 244 g/mol. The molecule has 1 N–H and O–H groups in total. The topological polar surface area (TPSA) is 93.3 Å². The van der Waals surface area contributed by atoms with Gasteiger partial charge in [-0.1, -0.05) is 5.16 Å². The van der Waals surface area contributed by atoms with Crippen LogP contribution in [0.15, 0.2) is 4.52 Å². The minimum absolute atomic E-state index is 0.152. The summed E-state index contributed by atoms with van der Waals surface area (Å²) in [4.78, 5) is 4.11. The van der Waals surface area contributed by atoms with Crippen molar-refractivity contribution in [2.24, 2.45) is 0 Å². The lowest BCUT2D eigenvalue weighted by molar-refractivity contribution is 0.116. The summed E-state index contributed by atoms with van der Waals surface area (Å²) in [6, 6.07) is 0. The Bertz CT molecular complexity index is 474. The van der Waals surface area contributed by atoms with Gasteiger partial charge in [0.1, 0.15) is 5.75 Å². The van der Waals surface area contributed by atoms with Gasteiger partial charge in [0.05, 0.1) is 6.10 Å². The van der Waals surface area contributed by atoms with Crippen LogP contribution < -0.4 is 0 Å². The third kappa shape index (κ3) is 3.50. The Morgan fingerprint density at radius 3 is 2.59 bits per heavy atom. The summed E-state index contributed by atoms with van der Waals surface area (Å²) in [6.45, 7) is 0. The molecule has 2 rings (SSSR count). The van der Waals surface area contributed by atoms with E-state index in [0.717, 1.165) is 31.9 Å². The highest BCUT2D eigenvalue weighted by atomic mass is 32.2. The molecule has 96 valence electrons. The molecule has 0 amide bonds. The van der Waals surface area contributed by atoms with Crippen LogP contribution in [0.1, 0.15) is 43.3 Å². The van der Waals surface area contributed by atoms with Crippen LogP contribution in [-0.4, -0.2) is 36.0 Å². The van der Waals surface area contributed by atoms with Gasteiger partial charge < -0.3 is 9.63 Å². The van der Waals surface area contributed by atoms with Gasteiger partial charge in [0, 0.05) is 12.2 Å². The Labute approximate surface area is 99.9 Å². The first kappa shape index (κ1) is 12.5. The summed E-state index contributed by atoms with van der Waals surface area (Å²) >= 11 is 0. The van der Waals surface area contributed by atoms with Crippen molar-refractivity contribution in [1.29, 1.82) is 0 Å². The van der Waals surface area contributed by atoms with Crippen LogP contribution in [0.25, 0.3) is 0 Å². The minimum atomic E-state index is -3.13. The van der Waals surface area contributed by atoms with Crippen molar-refractivity contribution in [2.45, 2.75) is 43.5 Å². The smallest absolute Gasteiger partial charge is 0.229 e. The fourth-order valence-electron chi connectivity index (χ4n) is 2.05. The molecular formula is C10H16N2O4S. The molecule has 0 aliphatic heterocycles. The van der Waals surface area contributed by atoms with Crippen molar-refractivity contribution in [3.8, 4) is 0 Å². The second-order valence-corrected chi connectivity index (χ2v) is 6.76. The average Bonchev–Trinajstić information content (AvgIpc) is 2.64. The van der Waals surface area contributed by atoms with Crippen LogP contribution in [0.5, 0.6) is 0 Å². The van der Waals surface area contributed by atoms with Crippen molar-refractivity contribution >= 4 is 9.84 Å². The van der Waals surface area contributed by atoms with Gasteiger partial charge in [-0.15, -0.1) is 0 Å². The molecule has 1 saturated carbocycles. The molecule has 1 aromatic rings. The van der Waals surface area contributed by atoms with E-state index in [0.29, 0.717) is 5.89 Å². The normalized spacial score (nSPS) is 26.0. The Morgan fingerprint density at radius 2 is 2.00 bits per heavy atom. The van der Waals surface area contributed by atoms with Crippen molar-refractivity contribution in [1.82, 2.24) is 10.1 Å². The van der Waals surface area contributed by atoms with Crippen LogP contribution in [0.3, 0.4) is 0 Å². The number of aliphatic hydroxyl groups excluding tert-OH is 1. The molecule has 0 bridgehead atoms. The molecule has 0 spiro atoms. The van der Waals surface area contributed by atoms with Gasteiger partial charge in [0.15, 0.2) is 15.7 Å². The van der Waals surface area contributed by atoms with E-state index in [-0.39, 0.29) is 23.6 Å². The van der Waals surface area contributed by atoms with E-state index >= 15 is 0 Å². The number of rotatable bonds is 3. The van der Waals surface area contributed by atoms with Gasteiger partial charge in [-0.25, -0.2) is 8.42 Å². The van der Waals surface area contributed by atoms with Crippen LogP contribution in [0, 0.1) is 0 Å². The van der Waals surface area contributed by atoms with E-state index in [2.05, 4.69) is 10.1 Å². The molecule has 0 saturated heterocycles. The standard InChI is InChI=1S/C10H16N2O4S/c1-17(14,15)6-9-11-10(16-12-9)7-2-4-8(13)5-3-7/h7-8,13H,2-6H2,1H3. The first-order chi connectivity index (χ1) is 7.94. The van der Waals surface area contributed by atoms with Crippen LogP contribution in [0.4, 0.5) is 0 Å². The van der Waals surface area contributed by atoms with Crippen LogP contribution in [-0.2, 0) is 15.6 Å². The van der Waals surface area contributed by atoms with E-state index < -0.39 is 9.84 Å². The highest BCUT2D eigenvalue weighted by Gasteiger charge is 2.25. The first-order valence-corrected chi connectivity index (χ1v) is 7.68. The van der Waals surface area contributed by atoms with Crippen molar-refractivity contribution < 1.29 is 18.0 Å². The Balaban J connectivity index is 2.03. The zero-order chi connectivity index (χ0) is 12.5. The summed E-state index contributed by atoms with van der Waals surface area (Å²) in [5, 5.41) is 13.1. The lowest BCUT2D eigenvalue weighted by atomic mass is 9.87. The zero-order valence-corrected chi connectivity index (χ0v) is 10.5. The maximum Gasteiger partial charge on any atom is 0.229 e. The second-order valence-electron chi connectivity index (χ2n) is 4.62. The van der Waals surface area contributed by atoms with E-state index in [1.54, 1.807) is 0 Å². The molecule has 0 radical (unpaired) electrons. The van der Waals surface area contributed by atoms with Crippen molar-refractivity contribution in [2.75, 3.05) is 6.26 Å². The molecule has 17 heavy (non-hydrogen) atoms. The molecule has 0 aromatic carbocycles. The third-order valence-corrected chi connectivity index (χ3v) is 3.70. The number of hydrogen-bond donors (Lipinski definition) is 1. The molecule has 0 unspecified atom stereocenters. The fourth-order valence-corrected chi connectivity index (χ4v) is 2.64. The van der Waals surface area contributed by atoms with Gasteiger partial charge in [-0.3, -0.25) is 0 Å². The Kier molecular flexibility index (Phi) is 3.48. The zero-order valence-electron chi connectivity index (χ0n) is 9.66. The number of nitrogens with zero attached hydrogens (tertiary/aromatic N) is 2. The maximum absolute atomic E-state index is 11.1. The van der Waals surface area contributed by atoms with Crippen LogP contribution >= 0.6 is 0 Å². The van der Waals surface area contributed by atoms with Gasteiger partial charge >= 0.3 is 0 Å². The van der Waals surface area contributed by atoms with Gasteiger partial charge in [-0.2, -0.15) is 4.98 Å². The molecule has 0 atom stereocenters. The molecule has 1 aliphatic carbocycles. The number of aliphatic hydroxyl groups is 1. The highest BCUT2D eigenvalue weighted by Crippen LogP contribution is 2.31. The number of sulfone groups is 1. The molecule has 6 nitrogen and oxygen atoms in total. The monoisotopic (exact) mass is 260 g/mol. The predicted molar refractivity (Wildman–Crippen MR) is 60.1 cm³/mol. The van der Waals surface area contributed by atoms with E-state index in [9.17, 15) is 13.5 Å². The predicted octanol–water partition coefficient (Wildman–Crippen LogP) is 0.633. The molecule has 1 fully saturated rings. The van der Waals surface area contributed by atoms with Gasteiger partial charge in [-0.05, 0) is 25.7 Å². The Hall–Kier alpha value is -0.950. The summed E-state index contributed by atoms with van der Waals surface area (Å²) in [5.41, 5.74) is 0. The summed E-state index contributed by atoms with van der Waals surface area (Å²) < 4.78 is 27.2. The SMILES string of the molecule is CS(=O)(=O)Cc1noc(C2CCC(O)CC2)n1. The summed E-state index contributed by atoms with van der Waals surface area (Å²) in [5.74, 6) is 0.676. The minimum Gasteiger partial charge on any atom is -0.393 e. The first-order valence-electron chi connectivity index (χ1n) is 5.62. The van der Waals surface area contributed by atoms with Gasteiger partial charge in [0.25, 0.3) is 0 Å². The molecule has 1 aliphatic rings. The average molecular weight is 260 g/mol. The Morgan fingerprint density at radius 1 is 1.35 bits per heavy atom. The lowest BCUT2D eigenvalue weighted by Crippen LogP contribution is -2.17. The quantitative estimate of drug-likeness (QED) is 0.856. The fraction of sp³-hybridized carbons (Fsp3) is 0.800. The van der Waals surface area contributed by atoms with Crippen molar-refractivity contribution in [3.63, 3.8) is 0 Å². The molecule has 1 aromatic heterocycles. The second kappa shape index (κ2) is 4.73. The van der Waals surface area contributed by atoms with E-state index in [1.165, 1.54) is 0 Å². The van der Waals surface area contributed by atoms with E-state index in [4.69, 9.17) is 4.52 Å². The third-order valence-electron chi connectivity index (χ3n) is 2.92.